The quantitative estimate of drug-likeness (QED) is 0.706. The second-order valence-corrected chi connectivity index (χ2v) is 6.76. The van der Waals surface area contributed by atoms with Crippen LogP contribution in [0.25, 0.3) is 0 Å². The largest absolute Gasteiger partial charge is 0.346 e. The first-order valence-corrected chi connectivity index (χ1v) is 8.61. The standard InChI is InChI=1S/C16H16FN2O3P/c17-15-6-2-3-12(10-15)7-8-19-16(23(20,21)22)14-5-1-4-13(9-14)11-18/h1-6,9-10,16,19H,7-8H2,(H2,20,21,22). The van der Waals surface area contributed by atoms with Gasteiger partial charge in [0.1, 0.15) is 11.6 Å². The average molecular weight is 334 g/mol. The second kappa shape index (κ2) is 7.49. The Morgan fingerprint density at radius 2 is 1.96 bits per heavy atom. The maximum atomic E-state index is 13.1. The molecule has 1 atom stereocenters. The lowest BCUT2D eigenvalue weighted by molar-refractivity contribution is 0.348. The Morgan fingerprint density at radius 1 is 1.22 bits per heavy atom. The van der Waals surface area contributed by atoms with E-state index in [9.17, 15) is 18.7 Å². The first-order chi connectivity index (χ1) is 10.9. The van der Waals surface area contributed by atoms with Gasteiger partial charge < -0.3 is 9.79 Å². The molecular weight excluding hydrogens is 318 g/mol. The summed E-state index contributed by atoms with van der Waals surface area (Å²) >= 11 is 0. The predicted molar refractivity (Wildman–Crippen MR) is 84.0 cm³/mol. The molecule has 23 heavy (non-hydrogen) atoms. The van der Waals surface area contributed by atoms with Gasteiger partial charge in [0.25, 0.3) is 0 Å². The molecule has 120 valence electrons. The number of hydrogen-bond donors (Lipinski definition) is 3. The molecule has 2 aromatic rings. The SMILES string of the molecule is N#Cc1cccc(C(NCCc2cccc(F)c2)P(=O)(O)O)c1. The van der Waals surface area contributed by atoms with Crippen molar-refractivity contribution in [1.82, 2.24) is 5.32 Å². The highest BCUT2D eigenvalue weighted by Gasteiger charge is 2.29. The number of halogens is 1. The van der Waals surface area contributed by atoms with Crippen LogP contribution in [0.5, 0.6) is 0 Å². The fourth-order valence-electron chi connectivity index (χ4n) is 2.25. The van der Waals surface area contributed by atoms with E-state index in [4.69, 9.17) is 5.26 Å². The van der Waals surface area contributed by atoms with Gasteiger partial charge in [-0.25, -0.2) is 4.39 Å². The van der Waals surface area contributed by atoms with Crippen LogP contribution in [-0.4, -0.2) is 16.3 Å². The Morgan fingerprint density at radius 3 is 2.61 bits per heavy atom. The molecule has 0 heterocycles. The third-order valence-corrected chi connectivity index (χ3v) is 4.46. The van der Waals surface area contributed by atoms with Crippen molar-refractivity contribution < 1.29 is 18.7 Å². The van der Waals surface area contributed by atoms with Crippen LogP contribution < -0.4 is 5.32 Å². The van der Waals surface area contributed by atoms with Gasteiger partial charge in [-0.2, -0.15) is 5.26 Å². The minimum Gasteiger partial charge on any atom is -0.323 e. The lowest BCUT2D eigenvalue weighted by Crippen LogP contribution is -2.24. The fraction of sp³-hybridized carbons (Fsp3) is 0.188. The molecule has 0 aliphatic carbocycles. The van der Waals surface area contributed by atoms with E-state index >= 15 is 0 Å². The lowest BCUT2D eigenvalue weighted by atomic mass is 10.1. The number of nitrogens with zero attached hydrogens (tertiary/aromatic N) is 1. The van der Waals surface area contributed by atoms with Gasteiger partial charge in [0.05, 0.1) is 11.6 Å². The van der Waals surface area contributed by atoms with Gasteiger partial charge in [-0.05, 0) is 41.8 Å². The highest BCUT2D eigenvalue weighted by atomic mass is 31.2. The summed E-state index contributed by atoms with van der Waals surface area (Å²) in [4.78, 5) is 19.1. The first kappa shape index (κ1) is 17.3. The van der Waals surface area contributed by atoms with Crippen molar-refractivity contribution in [3.05, 3.63) is 71.0 Å². The molecule has 3 N–H and O–H groups in total. The number of nitriles is 1. The van der Waals surface area contributed by atoms with Crippen molar-refractivity contribution in [1.29, 1.82) is 5.26 Å². The molecule has 0 amide bonds. The van der Waals surface area contributed by atoms with Crippen molar-refractivity contribution in [3.8, 4) is 6.07 Å². The highest BCUT2D eigenvalue weighted by molar-refractivity contribution is 7.52. The maximum absolute atomic E-state index is 13.1. The highest BCUT2D eigenvalue weighted by Crippen LogP contribution is 2.49. The van der Waals surface area contributed by atoms with Crippen molar-refractivity contribution in [3.63, 3.8) is 0 Å². The Hall–Kier alpha value is -2.03. The third-order valence-electron chi connectivity index (χ3n) is 3.31. The number of nitrogens with one attached hydrogen (secondary N) is 1. The lowest BCUT2D eigenvalue weighted by Gasteiger charge is -2.20. The Bertz CT molecular complexity index is 770. The van der Waals surface area contributed by atoms with E-state index in [0.29, 0.717) is 17.5 Å². The minimum absolute atomic E-state index is 0.260. The monoisotopic (exact) mass is 334 g/mol. The third kappa shape index (κ3) is 4.98. The van der Waals surface area contributed by atoms with Crippen LogP contribution in [0.4, 0.5) is 4.39 Å². The summed E-state index contributed by atoms with van der Waals surface area (Å²) < 4.78 is 24.8. The molecule has 0 aromatic heterocycles. The first-order valence-electron chi connectivity index (χ1n) is 6.93. The zero-order valence-corrected chi connectivity index (χ0v) is 13.1. The van der Waals surface area contributed by atoms with E-state index in [-0.39, 0.29) is 12.4 Å². The minimum atomic E-state index is -4.45. The Balaban J connectivity index is 2.11. The van der Waals surface area contributed by atoms with Gasteiger partial charge in [-0.1, -0.05) is 24.3 Å². The molecule has 2 rings (SSSR count). The van der Waals surface area contributed by atoms with Crippen LogP contribution in [0, 0.1) is 17.1 Å². The summed E-state index contributed by atoms with van der Waals surface area (Å²) in [7, 11) is -4.45. The molecule has 1 unspecified atom stereocenters. The fourth-order valence-corrected chi connectivity index (χ4v) is 3.17. The van der Waals surface area contributed by atoms with Gasteiger partial charge in [-0.3, -0.25) is 9.88 Å². The Labute approximate surface area is 133 Å². The molecule has 0 aliphatic rings. The molecule has 2 aromatic carbocycles. The molecular formula is C16H16FN2O3P. The normalized spacial score (nSPS) is 12.6. The smallest absolute Gasteiger partial charge is 0.323 e. The number of rotatable bonds is 6. The number of hydrogen-bond acceptors (Lipinski definition) is 3. The molecule has 0 saturated heterocycles. The average Bonchev–Trinajstić information content (AvgIpc) is 2.50. The van der Waals surface area contributed by atoms with Crippen molar-refractivity contribution in [2.24, 2.45) is 0 Å². The van der Waals surface area contributed by atoms with E-state index in [1.807, 2.05) is 6.07 Å². The molecule has 5 nitrogen and oxygen atoms in total. The van der Waals surface area contributed by atoms with E-state index in [1.54, 1.807) is 30.3 Å². The molecule has 0 radical (unpaired) electrons. The van der Waals surface area contributed by atoms with Gasteiger partial charge in [0.15, 0.2) is 0 Å². The van der Waals surface area contributed by atoms with Crippen LogP contribution >= 0.6 is 7.60 Å². The van der Waals surface area contributed by atoms with Crippen LogP contribution in [0.3, 0.4) is 0 Å². The summed E-state index contributed by atoms with van der Waals surface area (Å²) in [6.45, 7) is 0.260. The topological polar surface area (TPSA) is 93.4 Å². The summed E-state index contributed by atoms with van der Waals surface area (Å²) in [6, 6.07) is 14.1. The predicted octanol–water partition coefficient (Wildman–Crippen LogP) is 2.71. The summed E-state index contributed by atoms with van der Waals surface area (Å²) in [5.41, 5.74) is 1.40. The molecule has 0 saturated carbocycles. The van der Waals surface area contributed by atoms with Gasteiger partial charge in [-0.15, -0.1) is 0 Å². The zero-order chi connectivity index (χ0) is 16.9. The van der Waals surface area contributed by atoms with Crippen molar-refractivity contribution in [2.45, 2.75) is 12.2 Å². The summed E-state index contributed by atoms with van der Waals surface area (Å²) in [6.07, 6.45) is 0.423. The van der Waals surface area contributed by atoms with E-state index < -0.39 is 13.4 Å². The van der Waals surface area contributed by atoms with Crippen LogP contribution in [-0.2, 0) is 11.0 Å². The molecule has 0 fully saturated rings. The molecule has 0 aliphatic heterocycles. The second-order valence-electron chi connectivity index (χ2n) is 5.06. The summed E-state index contributed by atoms with van der Waals surface area (Å²) in [5.74, 6) is -1.56. The molecule has 7 heteroatoms. The Kier molecular flexibility index (Phi) is 5.64. The maximum Gasteiger partial charge on any atom is 0.346 e. The van der Waals surface area contributed by atoms with E-state index in [2.05, 4.69) is 5.32 Å². The van der Waals surface area contributed by atoms with Crippen molar-refractivity contribution in [2.75, 3.05) is 6.54 Å². The van der Waals surface area contributed by atoms with Gasteiger partial charge in [0, 0.05) is 6.54 Å². The van der Waals surface area contributed by atoms with E-state index in [0.717, 1.165) is 5.56 Å². The van der Waals surface area contributed by atoms with Crippen LogP contribution in [0.1, 0.15) is 22.5 Å². The van der Waals surface area contributed by atoms with E-state index in [1.165, 1.54) is 18.2 Å². The number of benzene rings is 2. The van der Waals surface area contributed by atoms with Gasteiger partial charge in [0.2, 0.25) is 0 Å². The van der Waals surface area contributed by atoms with Crippen LogP contribution in [0.2, 0.25) is 0 Å². The summed E-state index contributed by atoms with van der Waals surface area (Å²) in [5, 5.41) is 11.7. The van der Waals surface area contributed by atoms with Gasteiger partial charge >= 0.3 is 7.60 Å². The molecule has 0 bridgehead atoms. The molecule has 0 spiro atoms. The van der Waals surface area contributed by atoms with Crippen molar-refractivity contribution >= 4 is 7.60 Å². The zero-order valence-electron chi connectivity index (χ0n) is 12.2. The van der Waals surface area contributed by atoms with Crippen LogP contribution in [0.15, 0.2) is 48.5 Å².